The maximum atomic E-state index is 11.7. The Morgan fingerprint density at radius 3 is 2.65 bits per heavy atom. The predicted octanol–water partition coefficient (Wildman–Crippen LogP) is 2.85. The first-order valence-corrected chi connectivity index (χ1v) is 8.06. The van der Waals surface area contributed by atoms with Crippen LogP contribution in [0.5, 0.6) is 0 Å². The molecule has 3 N–H and O–H groups in total. The second kappa shape index (κ2) is 8.26. The Kier molecular flexibility index (Phi) is 7.01. The third-order valence-electron chi connectivity index (χ3n) is 3.05. The van der Waals surface area contributed by atoms with E-state index in [1.165, 1.54) is 0 Å². The molecule has 0 aliphatic rings. The molecule has 2 amide bonds. The molecule has 0 bridgehead atoms. The van der Waals surface area contributed by atoms with Gasteiger partial charge in [0.2, 0.25) is 0 Å². The normalized spacial score (nSPS) is 13.6. The number of rotatable bonds is 7. The molecule has 0 radical (unpaired) electrons. The number of amides is 2. The van der Waals surface area contributed by atoms with Crippen LogP contribution in [0.2, 0.25) is 0 Å². The molecule has 2 atom stereocenters. The maximum Gasteiger partial charge on any atom is 0.326 e. The van der Waals surface area contributed by atoms with E-state index in [0.29, 0.717) is 13.0 Å². The second-order valence-electron chi connectivity index (χ2n) is 4.56. The number of carboxylic acid groups (broad SMARTS) is 1. The number of halogens is 1. The predicted molar refractivity (Wildman–Crippen MR) is 83.1 cm³/mol. The molecule has 0 aliphatic carbocycles. The van der Waals surface area contributed by atoms with E-state index in [2.05, 4.69) is 26.6 Å². The molecule has 5 nitrogen and oxygen atoms in total. The van der Waals surface area contributed by atoms with Gasteiger partial charge in [0.25, 0.3) is 0 Å². The Balaban J connectivity index is 2.36. The van der Waals surface area contributed by atoms with Crippen molar-refractivity contribution < 1.29 is 14.7 Å². The highest BCUT2D eigenvalue weighted by atomic mass is 79.9. The summed E-state index contributed by atoms with van der Waals surface area (Å²) in [6.07, 6.45) is 1.42. The summed E-state index contributed by atoms with van der Waals surface area (Å²) in [5, 5.41) is 14.3. The van der Waals surface area contributed by atoms with Crippen molar-refractivity contribution in [3.05, 3.63) is 20.8 Å². The number of hydrogen-bond donors (Lipinski definition) is 3. The van der Waals surface area contributed by atoms with E-state index in [1.807, 2.05) is 26.0 Å². The van der Waals surface area contributed by atoms with Gasteiger partial charge in [-0.1, -0.05) is 20.3 Å². The Labute approximate surface area is 130 Å². The molecule has 0 saturated heterocycles. The van der Waals surface area contributed by atoms with Gasteiger partial charge < -0.3 is 15.7 Å². The van der Waals surface area contributed by atoms with Crippen molar-refractivity contribution in [2.75, 3.05) is 6.54 Å². The van der Waals surface area contributed by atoms with Crippen molar-refractivity contribution in [3.8, 4) is 0 Å². The summed E-state index contributed by atoms with van der Waals surface area (Å²) in [5.74, 6) is -1.11. The molecule has 1 aromatic rings. The van der Waals surface area contributed by atoms with Crippen molar-refractivity contribution in [1.82, 2.24) is 10.6 Å². The molecular weight excluding hydrogens is 344 g/mol. The molecule has 0 fully saturated rings. The summed E-state index contributed by atoms with van der Waals surface area (Å²) in [4.78, 5) is 23.9. The highest BCUT2D eigenvalue weighted by molar-refractivity contribution is 9.11. The molecule has 112 valence electrons. The lowest BCUT2D eigenvalue weighted by molar-refractivity contribution is -0.140. The molecule has 0 spiro atoms. The zero-order chi connectivity index (χ0) is 15.1. The van der Waals surface area contributed by atoms with E-state index in [0.717, 1.165) is 15.1 Å². The van der Waals surface area contributed by atoms with Gasteiger partial charge in [-0.25, -0.2) is 9.59 Å². The molecule has 0 aromatic carbocycles. The first-order valence-electron chi connectivity index (χ1n) is 6.45. The fourth-order valence-corrected chi connectivity index (χ4v) is 3.14. The minimum absolute atomic E-state index is 0.105. The molecule has 1 aromatic heterocycles. The highest BCUT2D eigenvalue weighted by Crippen LogP contribution is 2.22. The number of urea groups is 1. The summed E-state index contributed by atoms with van der Waals surface area (Å²) >= 11 is 5.00. The van der Waals surface area contributed by atoms with Gasteiger partial charge in [0.1, 0.15) is 6.04 Å². The van der Waals surface area contributed by atoms with Crippen LogP contribution in [0.25, 0.3) is 0 Å². The van der Waals surface area contributed by atoms with Gasteiger partial charge in [-0.3, -0.25) is 0 Å². The average molecular weight is 363 g/mol. The summed E-state index contributed by atoms with van der Waals surface area (Å²) < 4.78 is 1.06. The third-order valence-corrected chi connectivity index (χ3v) is 4.73. The van der Waals surface area contributed by atoms with Crippen molar-refractivity contribution in [2.45, 2.75) is 32.7 Å². The van der Waals surface area contributed by atoms with E-state index in [4.69, 9.17) is 5.11 Å². The van der Waals surface area contributed by atoms with Crippen molar-refractivity contribution in [1.29, 1.82) is 0 Å². The lowest BCUT2D eigenvalue weighted by Gasteiger charge is -2.20. The van der Waals surface area contributed by atoms with Crippen LogP contribution in [-0.2, 0) is 11.2 Å². The van der Waals surface area contributed by atoms with Gasteiger partial charge >= 0.3 is 12.0 Å². The minimum atomic E-state index is -1.00. The summed E-state index contributed by atoms with van der Waals surface area (Å²) in [7, 11) is 0. The van der Waals surface area contributed by atoms with Crippen LogP contribution in [0.1, 0.15) is 25.1 Å². The standard InChI is InChI=1S/C13H19BrN2O3S/c1-3-8(2)11(12(17)18)16-13(19)15-7-6-9-4-5-10(14)20-9/h4-5,8,11H,3,6-7H2,1-2H3,(H,17,18)(H2,15,16,19). The summed E-state index contributed by atoms with van der Waals surface area (Å²) in [6, 6.07) is 2.67. The van der Waals surface area contributed by atoms with Crippen LogP contribution < -0.4 is 10.6 Å². The third kappa shape index (κ3) is 5.50. The zero-order valence-corrected chi connectivity index (χ0v) is 13.9. The molecular formula is C13H19BrN2O3S. The number of carbonyl (C=O) groups is 2. The van der Waals surface area contributed by atoms with Crippen LogP contribution >= 0.6 is 27.3 Å². The number of hydrogen-bond acceptors (Lipinski definition) is 3. The maximum absolute atomic E-state index is 11.7. The lowest BCUT2D eigenvalue weighted by Crippen LogP contribution is -2.49. The van der Waals surface area contributed by atoms with Gasteiger partial charge in [0, 0.05) is 11.4 Å². The van der Waals surface area contributed by atoms with E-state index in [-0.39, 0.29) is 5.92 Å². The van der Waals surface area contributed by atoms with Crippen LogP contribution in [-0.4, -0.2) is 29.7 Å². The van der Waals surface area contributed by atoms with Gasteiger partial charge in [-0.15, -0.1) is 11.3 Å². The van der Waals surface area contributed by atoms with Crippen molar-refractivity contribution in [3.63, 3.8) is 0 Å². The molecule has 2 unspecified atom stereocenters. The molecule has 0 aliphatic heterocycles. The molecule has 1 rings (SSSR count). The summed E-state index contributed by atoms with van der Waals surface area (Å²) in [6.45, 7) is 4.18. The number of carboxylic acids is 1. The van der Waals surface area contributed by atoms with Gasteiger partial charge in [-0.2, -0.15) is 0 Å². The number of thiophene rings is 1. The second-order valence-corrected chi connectivity index (χ2v) is 7.11. The zero-order valence-electron chi connectivity index (χ0n) is 11.5. The molecule has 7 heteroatoms. The first kappa shape index (κ1) is 17.0. The largest absolute Gasteiger partial charge is 0.480 e. The lowest BCUT2D eigenvalue weighted by atomic mass is 9.99. The fourth-order valence-electron chi connectivity index (χ4n) is 1.66. The SMILES string of the molecule is CCC(C)C(NC(=O)NCCc1ccc(Br)s1)C(=O)O. The average Bonchev–Trinajstić information content (AvgIpc) is 2.80. The number of carbonyl (C=O) groups excluding carboxylic acids is 1. The van der Waals surface area contributed by atoms with Crippen molar-refractivity contribution in [2.24, 2.45) is 5.92 Å². The number of nitrogens with one attached hydrogen (secondary N) is 2. The van der Waals surface area contributed by atoms with Gasteiger partial charge in [0.05, 0.1) is 3.79 Å². The molecule has 1 heterocycles. The van der Waals surface area contributed by atoms with E-state index in [1.54, 1.807) is 11.3 Å². The van der Waals surface area contributed by atoms with Crippen LogP contribution in [0.4, 0.5) is 4.79 Å². The summed E-state index contributed by atoms with van der Waals surface area (Å²) in [5.41, 5.74) is 0. The van der Waals surface area contributed by atoms with Crippen LogP contribution in [0.3, 0.4) is 0 Å². The van der Waals surface area contributed by atoms with Crippen LogP contribution in [0, 0.1) is 5.92 Å². The minimum Gasteiger partial charge on any atom is -0.480 e. The van der Waals surface area contributed by atoms with E-state index >= 15 is 0 Å². The monoisotopic (exact) mass is 362 g/mol. The Bertz CT molecular complexity index is 464. The highest BCUT2D eigenvalue weighted by Gasteiger charge is 2.24. The Morgan fingerprint density at radius 2 is 2.15 bits per heavy atom. The smallest absolute Gasteiger partial charge is 0.326 e. The quantitative estimate of drug-likeness (QED) is 0.697. The van der Waals surface area contributed by atoms with Gasteiger partial charge in [0.15, 0.2) is 0 Å². The fraction of sp³-hybridized carbons (Fsp3) is 0.538. The number of aliphatic carboxylic acids is 1. The Morgan fingerprint density at radius 1 is 1.45 bits per heavy atom. The van der Waals surface area contributed by atoms with Crippen LogP contribution in [0.15, 0.2) is 15.9 Å². The molecule has 20 heavy (non-hydrogen) atoms. The van der Waals surface area contributed by atoms with Crippen molar-refractivity contribution >= 4 is 39.3 Å². The van der Waals surface area contributed by atoms with E-state index < -0.39 is 18.0 Å². The molecule has 0 saturated carbocycles. The van der Waals surface area contributed by atoms with Gasteiger partial charge in [-0.05, 0) is 40.4 Å². The first-order chi connectivity index (χ1) is 9.43. The van der Waals surface area contributed by atoms with E-state index in [9.17, 15) is 9.59 Å². The topological polar surface area (TPSA) is 78.4 Å². The Hall–Kier alpha value is -1.08.